The Kier molecular flexibility index (Phi) is 9.58. The second-order valence-corrected chi connectivity index (χ2v) is 20.4. The third kappa shape index (κ3) is 6.76. The Morgan fingerprint density at radius 1 is 0.293 bits per heavy atom. The minimum Gasteiger partial charge on any atom is -0.454 e. The van der Waals surface area contributed by atoms with Crippen molar-refractivity contribution in [3.05, 3.63) is 266 Å². The van der Waals surface area contributed by atoms with E-state index in [0.717, 1.165) is 78.0 Å². The van der Waals surface area contributed by atoms with E-state index in [4.69, 9.17) is 8.83 Å². The zero-order chi connectivity index (χ0) is 49.8. The zero-order valence-corrected chi connectivity index (χ0v) is 41.5. The second-order valence-electron chi connectivity index (χ2n) is 20.4. The van der Waals surface area contributed by atoms with Crippen LogP contribution in [-0.4, -0.2) is 0 Å². The minimum absolute atomic E-state index is 0.299. The van der Waals surface area contributed by atoms with Gasteiger partial charge in [0.25, 0.3) is 0 Å². The van der Waals surface area contributed by atoms with Crippen molar-refractivity contribution in [2.75, 3.05) is 9.80 Å². The van der Waals surface area contributed by atoms with Crippen LogP contribution in [0.3, 0.4) is 0 Å². The average molecular weight is 961 g/mol. The molecule has 1 aliphatic carbocycles. The zero-order valence-electron chi connectivity index (χ0n) is 41.5. The molecular weight excluding hydrogens is 913 g/mol. The maximum atomic E-state index is 6.71. The fourth-order valence-corrected chi connectivity index (χ4v) is 12.4. The summed E-state index contributed by atoms with van der Waals surface area (Å²) in [6.45, 7) is 4.81. The van der Waals surface area contributed by atoms with E-state index < -0.39 is 0 Å². The van der Waals surface area contributed by atoms with Gasteiger partial charge >= 0.3 is 0 Å². The third-order valence-electron chi connectivity index (χ3n) is 15.8. The van der Waals surface area contributed by atoms with Crippen LogP contribution < -0.4 is 9.80 Å². The van der Waals surface area contributed by atoms with Crippen LogP contribution in [0.4, 0.5) is 34.1 Å². The first-order valence-electron chi connectivity index (χ1n) is 25.8. The van der Waals surface area contributed by atoms with Crippen molar-refractivity contribution in [3.63, 3.8) is 0 Å². The molecule has 14 aromatic rings. The van der Waals surface area contributed by atoms with E-state index in [1.54, 1.807) is 0 Å². The molecule has 354 valence electrons. The van der Waals surface area contributed by atoms with Crippen molar-refractivity contribution < 1.29 is 8.83 Å². The van der Waals surface area contributed by atoms with Gasteiger partial charge in [0.2, 0.25) is 0 Å². The number of hydrogen-bond donors (Lipinski definition) is 0. The van der Waals surface area contributed by atoms with Crippen LogP contribution in [0.5, 0.6) is 0 Å². The van der Waals surface area contributed by atoms with Crippen molar-refractivity contribution in [2.24, 2.45) is 0 Å². The lowest BCUT2D eigenvalue weighted by molar-refractivity contribution is 0.668. The van der Waals surface area contributed by atoms with Crippen molar-refractivity contribution in [1.82, 2.24) is 0 Å². The van der Waals surface area contributed by atoms with Crippen LogP contribution in [0.25, 0.3) is 98.8 Å². The summed E-state index contributed by atoms with van der Waals surface area (Å²) in [5.41, 5.74) is 19.4. The fraction of sp³-hybridized carbons (Fsp3) is 0.0423. The Hall–Kier alpha value is -9.64. The molecular formula is C71H48N2O2. The lowest BCUT2D eigenvalue weighted by Gasteiger charge is -2.28. The molecule has 0 fully saturated rings. The second kappa shape index (κ2) is 16.7. The van der Waals surface area contributed by atoms with E-state index in [9.17, 15) is 0 Å². The molecule has 0 aliphatic heterocycles. The van der Waals surface area contributed by atoms with E-state index >= 15 is 0 Å². The normalized spacial score (nSPS) is 12.8. The molecule has 15 rings (SSSR count). The summed E-state index contributed by atoms with van der Waals surface area (Å²) in [4.78, 5) is 4.71. The fourth-order valence-electron chi connectivity index (χ4n) is 12.4. The number of rotatable bonds is 8. The molecule has 0 saturated heterocycles. The van der Waals surface area contributed by atoms with Gasteiger partial charge in [0, 0.05) is 49.7 Å². The smallest absolute Gasteiger partial charge is 0.159 e. The monoisotopic (exact) mass is 960 g/mol. The van der Waals surface area contributed by atoms with Crippen LogP contribution in [0.2, 0.25) is 0 Å². The first-order valence-corrected chi connectivity index (χ1v) is 25.8. The highest BCUT2D eigenvalue weighted by atomic mass is 16.3. The van der Waals surface area contributed by atoms with Gasteiger partial charge in [-0.15, -0.1) is 0 Å². The first kappa shape index (κ1) is 43.0. The lowest BCUT2D eigenvalue weighted by Crippen LogP contribution is -2.16. The molecule has 0 amide bonds. The lowest BCUT2D eigenvalue weighted by atomic mass is 9.78. The SMILES string of the molecule is CC1(C)c2c(ccc3cc(N(c4ccc(-c5ccccc5)cc4)c4cccc5c4oc4ccccc45)ccc23)-c2ccc3cc(N(c4ccc(-c5ccccc5)cc4)c4cccc5c4oc4ccccc45)ccc3c21. The highest BCUT2D eigenvalue weighted by Gasteiger charge is 2.38. The van der Waals surface area contributed by atoms with Gasteiger partial charge < -0.3 is 18.6 Å². The number of fused-ring (bicyclic) bond motifs is 13. The van der Waals surface area contributed by atoms with Gasteiger partial charge in [-0.3, -0.25) is 0 Å². The largest absolute Gasteiger partial charge is 0.454 e. The molecule has 2 heterocycles. The van der Waals surface area contributed by atoms with Gasteiger partial charge in [0.05, 0.1) is 11.4 Å². The van der Waals surface area contributed by atoms with E-state index in [1.165, 1.54) is 66.1 Å². The van der Waals surface area contributed by atoms with Crippen molar-refractivity contribution in [3.8, 4) is 33.4 Å². The average Bonchev–Trinajstić information content (AvgIpc) is 4.14. The third-order valence-corrected chi connectivity index (χ3v) is 15.8. The summed E-state index contributed by atoms with van der Waals surface area (Å²) in [6.07, 6.45) is 0. The number of benzene rings is 12. The molecule has 12 aromatic carbocycles. The predicted octanol–water partition coefficient (Wildman–Crippen LogP) is 20.4. The molecule has 0 bridgehead atoms. The summed E-state index contributed by atoms with van der Waals surface area (Å²) >= 11 is 0. The van der Waals surface area contributed by atoms with E-state index in [1.807, 2.05) is 12.1 Å². The van der Waals surface area contributed by atoms with Crippen LogP contribution in [0.15, 0.2) is 264 Å². The van der Waals surface area contributed by atoms with Gasteiger partial charge in [0.15, 0.2) is 11.2 Å². The van der Waals surface area contributed by atoms with Crippen LogP contribution in [-0.2, 0) is 5.41 Å². The molecule has 0 N–H and O–H groups in total. The molecule has 0 radical (unpaired) electrons. The highest BCUT2D eigenvalue weighted by Crippen LogP contribution is 2.55. The van der Waals surface area contributed by atoms with Crippen molar-refractivity contribution in [1.29, 1.82) is 0 Å². The summed E-state index contributed by atoms with van der Waals surface area (Å²) in [5.74, 6) is 0. The number of anilines is 6. The molecule has 4 nitrogen and oxygen atoms in total. The van der Waals surface area contributed by atoms with E-state index in [0.29, 0.717) is 0 Å². The highest BCUT2D eigenvalue weighted by molar-refractivity contribution is 6.13. The Morgan fingerprint density at radius 2 is 0.667 bits per heavy atom. The Bertz CT molecular complexity index is 4260. The maximum absolute atomic E-state index is 6.71. The van der Waals surface area contributed by atoms with Crippen LogP contribution in [0, 0.1) is 0 Å². The van der Waals surface area contributed by atoms with Gasteiger partial charge in [-0.25, -0.2) is 0 Å². The molecule has 0 saturated carbocycles. The Morgan fingerprint density at radius 3 is 1.11 bits per heavy atom. The van der Waals surface area contributed by atoms with Crippen LogP contribution in [0.1, 0.15) is 25.0 Å². The summed E-state index contributed by atoms with van der Waals surface area (Å²) in [7, 11) is 0. The van der Waals surface area contributed by atoms with Crippen molar-refractivity contribution in [2.45, 2.75) is 19.3 Å². The Labute approximate surface area is 434 Å². The molecule has 75 heavy (non-hydrogen) atoms. The molecule has 1 aliphatic rings. The first-order chi connectivity index (χ1) is 36.9. The molecule has 0 unspecified atom stereocenters. The van der Waals surface area contributed by atoms with Crippen LogP contribution >= 0.6 is 0 Å². The quantitative estimate of drug-likeness (QED) is 0.152. The predicted molar refractivity (Wildman–Crippen MR) is 314 cm³/mol. The summed E-state index contributed by atoms with van der Waals surface area (Å²) < 4.78 is 13.4. The number of hydrogen-bond acceptors (Lipinski definition) is 4. The molecule has 2 aromatic heterocycles. The summed E-state index contributed by atoms with van der Waals surface area (Å²) in [6, 6.07) is 91.9. The van der Waals surface area contributed by atoms with Gasteiger partial charge in [-0.2, -0.15) is 0 Å². The van der Waals surface area contributed by atoms with Crippen molar-refractivity contribution >= 4 is 99.5 Å². The van der Waals surface area contributed by atoms with E-state index in [2.05, 4.69) is 266 Å². The Balaban J connectivity index is 0.846. The maximum Gasteiger partial charge on any atom is 0.159 e. The standard InChI is InChI=1S/C71H48N2O2/c1-71(2)67-55-41-37-53(72(51-33-27-47(28-34-51)45-15-5-3-6-16-45)63-23-13-21-61-57-19-9-11-25-65(57)74-69(61)63)43-49(55)31-39-59(67)60-40-32-50-44-54(38-42-56(50)68(60)71)73(52-35-29-48(30-36-52)46-17-7-4-8-18-46)64-24-14-22-62-58-20-10-12-26-66(58)75-70(62)64/h3-44H,1-2H3. The van der Waals surface area contributed by atoms with Gasteiger partial charge in [0.1, 0.15) is 11.2 Å². The number of para-hydroxylation sites is 4. The van der Waals surface area contributed by atoms with E-state index in [-0.39, 0.29) is 5.41 Å². The molecule has 0 atom stereocenters. The molecule has 4 heteroatoms. The molecule has 0 spiro atoms. The van der Waals surface area contributed by atoms with Gasteiger partial charge in [-0.05, 0) is 139 Å². The number of nitrogens with zero attached hydrogens (tertiary/aromatic N) is 2. The van der Waals surface area contributed by atoms with Gasteiger partial charge in [-0.1, -0.05) is 196 Å². The summed E-state index contributed by atoms with van der Waals surface area (Å²) in [5, 5.41) is 9.31. The minimum atomic E-state index is -0.299. The topological polar surface area (TPSA) is 32.8 Å². The number of furan rings is 2.